The quantitative estimate of drug-likeness (QED) is 0.240. The summed E-state index contributed by atoms with van der Waals surface area (Å²) in [5.74, 6) is 1.57. The average Bonchev–Trinajstić information content (AvgIpc) is 3.34. The Morgan fingerprint density at radius 3 is 2.52 bits per heavy atom. The number of pyridine rings is 1. The summed E-state index contributed by atoms with van der Waals surface area (Å²) in [4.78, 5) is 22.4. The van der Waals surface area contributed by atoms with E-state index < -0.39 is 18.3 Å². The Balaban J connectivity index is 2.13. The molecule has 0 saturated heterocycles. The Bertz CT molecular complexity index is 1410. The van der Waals surface area contributed by atoms with Crippen LogP contribution in [0.4, 0.5) is 24.8 Å². The first-order valence-corrected chi connectivity index (χ1v) is 12.4. The van der Waals surface area contributed by atoms with Gasteiger partial charge in [0.15, 0.2) is 5.82 Å². The largest absolute Gasteiger partial charge is 0.416 e. The molecule has 0 atom stereocenters. The molecule has 40 heavy (non-hydrogen) atoms. The highest BCUT2D eigenvalue weighted by molar-refractivity contribution is 6.31. The zero-order valence-electron chi connectivity index (χ0n) is 23.0. The number of aliphatic imine (C=N–C) groups is 1. The summed E-state index contributed by atoms with van der Waals surface area (Å²) in [7, 11) is 4.94. The summed E-state index contributed by atoms with van der Waals surface area (Å²) in [6.45, 7) is 3.74. The number of nitrogens with zero attached hydrogens (tertiary/aromatic N) is 6. The number of aliphatic hydroxyl groups excluding tert-OH is 1. The molecule has 0 saturated carbocycles. The molecule has 4 N–H and O–H groups in total. The van der Waals surface area contributed by atoms with Gasteiger partial charge in [0.25, 0.3) is 0 Å². The van der Waals surface area contributed by atoms with E-state index in [4.69, 9.17) is 5.73 Å². The highest BCUT2D eigenvalue weighted by atomic mass is 19.4. The van der Waals surface area contributed by atoms with Crippen LogP contribution in [-0.4, -0.2) is 57.5 Å². The summed E-state index contributed by atoms with van der Waals surface area (Å²) in [5.41, 5.74) is 6.15. The van der Waals surface area contributed by atoms with Crippen molar-refractivity contribution in [1.29, 1.82) is 0 Å². The smallest absolute Gasteiger partial charge is 0.404 e. The lowest BCUT2D eigenvalue weighted by Crippen LogP contribution is -2.24. The van der Waals surface area contributed by atoms with Crippen molar-refractivity contribution in [2.45, 2.75) is 33.2 Å². The normalized spacial score (nSPS) is 12.7. The number of carbonyl (C=O) groups excluding carboxylic acids is 1. The van der Waals surface area contributed by atoms with Gasteiger partial charge in [0.05, 0.1) is 23.5 Å². The summed E-state index contributed by atoms with van der Waals surface area (Å²) in [5, 5.41) is 20.7. The van der Waals surface area contributed by atoms with Crippen molar-refractivity contribution in [2.24, 2.45) is 23.7 Å². The highest BCUT2D eigenvalue weighted by Crippen LogP contribution is 2.35. The van der Waals surface area contributed by atoms with Gasteiger partial charge in [0, 0.05) is 51.6 Å². The van der Waals surface area contributed by atoms with Crippen LogP contribution in [-0.2, 0) is 26.4 Å². The SMILES string of the molecule is CN=C(C(=CN)c1nncn1C)c1cc(NCC(C)C)nc(N(C)Cc2c(C=O)cc(CO)cc2C(F)(F)F)c1. The molecule has 0 unspecified atom stereocenters. The molecule has 0 radical (unpaired) electrons. The number of hydrogen-bond acceptors (Lipinski definition) is 9. The molecular formula is C27H33F3N8O2. The van der Waals surface area contributed by atoms with Gasteiger partial charge in [-0.15, -0.1) is 10.2 Å². The topological polar surface area (TPSA) is 135 Å². The molecule has 2 aromatic heterocycles. The molecule has 214 valence electrons. The molecule has 0 amide bonds. The minimum atomic E-state index is -4.74. The van der Waals surface area contributed by atoms with Gasteiger partial charge in [-0.05, 0) is 41.3 Å². The Hall–Kier alpha value is -4.26. The summed E-state index contributed by atoms with van der Waals surface area (Å²) in [6, 6.07) is 5.57. The van der Waals surface area contributed by atoms with Crippen LogP contribution in [0.15, 0.2) is 41.8 Å². The van der Waals surface area contributed by atoms with Crippen LogP contribution in [0.1, 0.15) is 52.3 Å². The van der Waals surface area contributed by atoms with Crippen LogP contribution in [0.3, 0.4) is 0 Å². The van der Waals surface area contributed by atoms with Crippen LogP contribution in [0, 0.1) is 5.92 Å². The number of aromatic nitrogens is 4. The van der Waals surface area contributed by atoms with E-state index in [0.717, 1.165) is 6.07 Å². The van der Waals surface area contributed by atoms with Gasteiger partial charge in [0.2, 0.25) is 0 Å². The summed E-state index contributed by atoms with van der Waals surface area (Å²) >= 11 is 0. The number of carbonyl (C=O) groups is 1. The number of nitrogens with two attached hydrogens (primary N) is 1. The lowest BCUT2D eigenvalue weighted by Gasteiger charge is -2.24. The van der Waals surface area contributed by atoms with E-state index in [9.17, 15) is 23.1 Å². The van der Waals surface area contributed by atoms with Gasteiger partial charge >= 0.3 is 6.18 Å². The monoisotopic (exact) mass is 558 g/mol. The van der Waals surface area contributed by atoms with E-state index in [2.05, 4.69) is 25.5 Å². The van der Waals surface area contributed by atoms with E-state index in [1.54, 1.807) is 37.8 Å². The van der Waals surface area contributed by atoms with Crippen molar-refractivity contribution in [3.05, 3.63) is 70.4 Å². The van der Waals surface area contributed by atoms with Gasteiger partial charge in [-0.1, -0.05) is 13.8 Å². The maximum absolute atomic E-state index is 14.0. The van der Waals surface area contributed by atoms with E-state index in [1.807, 2.05) is 13.8 Å². The zero-order valence-corrected chi connectivity index (χ0v) is 23.0. The van der Waals surface area contributed by atoms with Crippen molar-refractivity contribution < 1.29 is 23.1 Å². The van der Waals surface area contributed by atoms with E-state index in [0.29, 0.717) is 53.1 Å². The van der Waals surface area contributed by atoms with Crippen LogP contribution in [0.5, 0.6) is 0 Å². The van der Waals surface area contributed by atoms with Gasteiger partial charge in [-0.25, -0.2) is 4.98 Å². The van der Waals surface area contributed by atoms with E-state index >= 15 is 0 Å². The summed E-state index contributed by atoms with van der Waals surface area (Å²) < 4.78 is 43.7. The molecule has 0 aliphatic heterocycles. The molecule has 10 nitrogen and oxygen atoms in total. The second-order valence-corrected chi connectivity index (χ2v) is 9.63. The number of benzene rings is 1. The van der Waals surface area contributed by atoms with Crippen LogP contribution in [0.25, 0.3) is 5.57 Å². The predicted molar refractivity (Wildman–Crippen MR) is 148 cm³/mol. The molecular weight excluding hydrogens is 525 g/mol. The fourth-order valence-electron chi connectivity index (χ4n) is 4.14. The van der Waals surface area contributed by atoms with Crippen molar-refractivity contribution in [1.82, 2.24) is 19.7 Å². The minimum absolute atomic E-state index is 0.00482. The first-order valence-electron chi connectivity index (χ1n) is 12.4. The van der Waals surface area contributed by atoms with Crippen LogP contribution >= 0.6 is 0 Å². The standard InChI is InChI=1S/C27H33F3N8O2/c1-16(2)11-33-23-8-18(25(32-3)20(10-31)26-36-34-15-38(26)5)9-24(35-23)37(4)12-21-19(14-40)6-17(13-39)7-22(21)27(28,29)30/h6-10,14-16,39H,11-13,31H2,1-5H3,(H,33,35). The minimum Gasteiger partial charge on any atom is -0.404 e. The first kappa shape index (κ1) is 30.3. The number of anilines is 2. The molecule has 0 aliphatic rings. The number of alkyl halides is 3. The van der Waals surface area contributed by atoms with Gasteiger partial charge in [0.1, 0.15) is 24.2 Å². The van der Waals surface area contributed by atoms with Crippen molar-refractivity contribution in [3.63, 3.8) is 0 Å². The molecule has 2 heterocycles. The Kier molecular flexibility index (Phi) is 9.64. The fourth-order valence-corrected chi connectivity index (χ4v) is 4.14. The number of aldehydes is 1. The molecule has 0 spiro atoms. The number of rotatable bonds is 11. The first-order chi connectivity index (χ1) is 18.9. The Labute approximate surface area is 230 Å². The molecule has 3 aromatic rings. The van der Waals surface area contributed by atoms with Gasteiger partial charge in [-0.2, -0.15) is 13.2 Å². The van der Waals surface area contributed by atoms with Crippen molar-refractivity contribution in [2.75, 3.05) is 30.9 Å². The fraction of sp³-hybridized carbons (Fsp3) is 0.370. The molecule has 1 aromatic carbocycles. The van der Waals surface area contributed by atoms with E-state index in [-0.39, 0.29) is 23.2 Å². The predicted octanol–water partition coefficient (Wildman–Crippen LogP) is 3.66. The lowest BCUT2D eigenvalue weighted by molar-refractivity contribution is -0.138. The third-order valence-electron chi connectivity index (χ3n) is 6.12. The summed E-state index contributed by atoms with van der Waals surface area (Å²) in [6.07, 6.45) is -1.49. The number of nitrogens with one attached hydrogen (secondary N) is 1. The number of aliphatic hydroxyl groups is 1. The second-order valence-electron chi connectivity index (χ2n) is 9.63. The average molecular weight is 559 g/mol. The maximum Gasteiger partial charge on any atom is 0.416 e. The number of allylic oxidation sites excluding steroid dienone is 1. The van der Waals surface area contributed by atoms with E-state index in [1.165, 1.54) is 23.5 Å². The van der Waals surface area contributed by atoms with Crippen LogP contribution in [0.2, 0.25) is 0 Å². The van der Waals surface area contributed by atoms with Crippen molar-refractivity contribution >= 4 is 29.2 Å². The Morgan fingerprint density at radius 2 is 2.00 bits per heavy atom. The van der Waals surface area contributed by atoms with Gasteiger partial charge < -0.3 is 25.6 Å². The maximum atomic E-state index is 14.0. The van der Waals surface area contributed by atoms with Crippen LogP contribution < -0.4 is 16.0 Å². The molecule has 0 fully saturated rings. The zero-order chi connectivity index (χ0) is 29.6. The number of halogens is 3. The van der Waals surface area contributed by atoms with Crippen molar-refractivity contribution in [3.8, 4) is 0 Å². The second kappa shape index (κ2) is 12.7. The molecule has 0 aliphatic carbocycles. The molecule has 0 bridgehead atoms. The third-order valence-corrected chi connectivity index (χ3v) is 6.12. The number of hydrogen-bond donors (Lipinski definition) is 3. The lowest BCUT2D eigenvalue weighted by atomic mass is 9.97. The molecule has 13 heteroatoms. The highest BCUT2D eigenvalue weighted by Gasteiger charge is 2.35. The Morgan fingerprint density at radius 1 is 1.27 bits per heavy atom. The molecule has 3 rings (SSSR count). The number of aryl methyl sites for hydroxylation is 1. The van der Waals surface area contributed by atoms with Gasteiger partial charge in [-0.3, -0.25) is 9.79 Å². The third kappa shape index (κ3) is 6.84.